The van der Waals surface area contributed by atoms with Crippen molar-refractivity contribution in [3.8, 4) is 11.6 Å². The lowest BCUT2D eigenvalue weighted by Crippen LogP contribution is -2.16. The highest BCUT2D eigenvalue weighted by Gasteiger charge is 2.21. The van der Waals surface area contributed by atoms with Crippen LogP contribution in [0.2, 0.25) is 0 Å². The molecule has 3 aromatic heterocycles. The van der Waals surface area contributed by atoms with Crippen LogP contribution >= 0.6 is 0 Å². The Morgan fingerprint density at radius 3 is 2.91 bits per heavy atom. The largest absolute Gasteiger partial charge is 0.493 e. The summed E-state index contributed by atoms with van der Waals surface area (Å²) in [6, 6.07) is 12.9. The van der Waals surface area contributed by atoms with E-state index in [1.807, 2.05) is 30.3 Å². The first kappa shape index (κ1) is 22.6. The molecule has 180 valence electrons. The Balaban J connectivity index is 1.30. The Hall–Kier alpha value is -4.14. The van der Waals surface area contributed by atoms with Crippen LogP contribution in [-0.2, 0) is 17.6 Å². The van der Waals surface area contributed by atoms with Gasteiger partial charge in [-0.1, -0.05) is 0 Å². The van der Waals surface area contributed by atoms with Crippen LogP contribution in [0.5, 0.6) is 11.6 Å². The first-order valence-electron chi connectivity index (χ1n) is 11.6. The van der Waals surface area contributed by atoms with Crippen molar-refractivity contribution in [1.29, 1.82) is 0 Å². The number of carbonyl (C=O) groups is 1. The van der Waals surface area contributed by atoms with Crippen LogP contribution in [0.25, 0.3) is 10.9 Å². The smallest absolute Gasteiger partial charge is 0.305 e. The summed E-state index contributed by atoms with van der Waals surface area (Å²) >= 11 is 0. The van der Waals surface area contributed by atoms with Crippen molar-refractivity contribution in [2.75, 3.05) is 25.6 Å². The SMILES string of the molecule is COc1ccc([C@@H](CC(=O)O)n2ncc3cc(OCCc4ccc5c(n4)CCCN5)ccc32)cn1. The Labute approximate surface area is 202 Å². The number of pyridine rings is 2. The van der Waals surface area contributed by atoms with Gasteiger partial charge < -0.3 is 19.9 Å². The molecule has 1 atom stereocenters. The summed E-state index contributed by atoms with van der Waals surface area (Å²) in [5.41, 5.74) is 4.85. The highest BCUT2D eigenvalue weighted by Crippen LogP contribution is 2.29. The van der Waals surface area contributed by atoms with Crippen LogP contribution in [0.4, 0.5) is 5.69 Å². The molecule has 0 aliphatic carbocycles. The van der Waals surface area contributed by atoms with E-state index in [2.05, 4.69) is 21.5 Å². The number of ether oxygens (including phenoxy) is 2. The molecule has 0 bridgehead atoms. The zero-order valence-electron chi connectivity index (χ0n) is 19.5. The standard InChI is InChI=1S/C26H27N5O4/c1-34-25-9-4-17(15-28-25)24(14-26(32)33)31-23-8-6-20(13-18(23)16-29-31)35-12-10-19-5-7-21-22(30-19)3-2-11-27-21/h4-9,13,15-16,24,27H,2-3,10-12,14H2,1H3,(H,32,33)/t24-/m1/s1. The molecule has 1 aromatic carbocycles. The third-order valence-electron chi connectivity index (χ3n) is 6.15. The molecule has 5 rings (SSSR count). The number of anilines is 1. The van der Waals surface area contributed by atoms with Gasteiger partial charge in [0.15, 0.2) is 0 Å². The lowest BCUT2D eigenvalue weighted by Gasteiger charge is -2.18. The number of aromatic nitrogens is 4. The van der Waals surface area contributed by atoms with Gasteiger partial charge in [0.1, 0.15) is 5.75 Å². The maximum Gasteiger partial charge on any atom is 0.305 e. The first-order chi connectivity index (χ1) is 17.1. The van der Waals surface area contributed by atoms with Crippen LogP contribution < -0.4 is 14.8 Å². The highest BCUT2D eigenvalue weighted by molar-refractivity contribution is 5.81. The summed E-state index contributed by atoms with van der Waals surface area (Å²) in [5.74, 6) is 0.288. The summed E-state index contributed by atoms with van der Waals surface area (Å²) in [6.07, 6.45) is 6.07. The Morgan fingerprint density at radius 2 is 2.11 bits per heavy atom. The summed E-state index contributed by atoms with van der Waals surface area (Å²) < 4.78 is 12.8. The van der Waals surface area contributed by atoms with Crippen LogP contribution in [0.15, 0.2) is 54.9 Å². The van der Waals surface area contributed by atoms with Crippen molar-refractivity contribution in [3.63, 3.8) is 0 Å². The first-order valence-corrected chi connectivity index (χ1v) is 11.6. The molecule has 0 fully saturated rings. The molecule has 0 spiro atoms. The number of hydrogen-bond donors (Lipinski definition) is 2. The number of aryl methyl sites for hydroxylation is 1. The van der Waals surface area contributed by atoms with Gasteiger partial charge in [-0.2, -0.15) is 5.10 Å². The molecule has 1 aliphatic rings. The number of carboxylic acid groups (broad SMARTS) is 1. The van der Waals surface area contributed by atoms with Gasteiger partial charge in [0.25, 0.3) is 0 Å². The second kappa shape index (κ2) is 10.0. The van der Waals surface area contributed by atoms with Crippen LogP contribution in [-0.4, -0.2) is 51.1 Å². The third kappa shape index (κ3) is 5.03. The molecule has 0 unspecified atom stereocenters. The van der Waals surface area contributed by atoms with E-state index < -0.39 is 12.0 Å². The van der Waals surface area contributed by atoms with Crippen LogP contribution in [0.3, 0.4) is 0 Å². The fourth-order valence-corrected chi connectivity index (χ4v) is 4.38. The van der Waals surface area contributed by atoms with Crippen molar-refractivity contribution in [3.05, 3.63) is 71.8 Å². The van der Waals surface area contributed by atoms with Crippen LogP contribution in [0, 0.1) is 0 Å². The summed E-state index contributed by atoms with van der Waals surface area (Å²) in [4.78, 5) is 20.6. The summed E-state index contributed by atoms with van der Waals surface area (Å²) in [7, 11) is 1.54. The molecule has 0 saturated carbocycles. The maximum atomic E-state index is 11.6. The Morgan fingerprint density at radius 1 is 1.20 bits per heavy atom. The number of nitrogens with zero attached hydrogens (tertiary/aromatic N) is 4. The van der Waals surface area contributed by atoms with Gasteiger partial charge in [-0.05, 0) is 54.8 Å². The number of rotatable bonds is 9. The fourth-order valence-electron chi connectivity index (χ4n) is 4.38. The van der Waals surface area contributed by atoms with E-state index in [9.17, 15) is 9.90 Å². The molecule has 0 radical (unpaired) electrons. The molecule has 1 aliphatic heterocycles. The maximum absolute atomic E-state index is 11.6. The van der Waals surface area contributed by atoms with Gasteiger partial charge in [0.05, 0.1) is 49.3 Å². The number of hydrogen-bond acceptors (Lipinski definition) is 7. The zero-order valence-corrected chi connectivity index (χ0v) is 19.5. The molecular weight excluding hydrogens is 446 g/mol. The molecule has 4 aromatic rings. The molecule has 2 N–H and O–H groups in total. The molecule has 0 saturated heterocycles. The average Bonchev–Trinajstić information content (AvgIpc) is 3.30. The van der Waals surface area contributed by atoms with E-state index >= 15 is 0 Å². The fraction of sp³-hybridized carbons (Fsp3) is 0.308. The molecular formula is C26H27N5O4. The van der Waals surface area contributed by atoms with E-state index in [-0.39, 0.29) is 6.42 Å². The van der Waals surface area contributed by atoms with Crippen LogP contribution in [0.1, 0.15) is 35.8 Å². The number of aliphatic carboxylic acids is 1. The predicted molar refractivity (Wildman–Crippen MR) is 131 cm³/mol. The quantitative estimate of drug-likeness (QED) is 0.377. The minimum Gasteiger partial charge on any atom is -0.493 e. The van der Waals surface area contributed by atoms with Gasteiger partial charge >= 0.3 is 5.97 Å². The average molecular weight is 474 g/mol. The number of nitrogens with one attached hydrogen (secondary N) is 1. The van der Waals surface area contributed by atoms with Gasteiger partial charge in [-0.3, -0.25) is 14.5 Å². The topological polar surface area (TPSA) is 111 Å². The lowest BCUT2D eigenvalue weighted by molar-refractivity contribution is -0.137. The Kier molecular flexibility index (Phi) is 6.47. The van der Waals surface area contributed by atoms with Gasteiger partial charge in [-0.15, -0.1) is 0 Å². The molecule has 4 heterocycles. The van der Waals surface area contributed by atoms with E-state index in [1.54, 1.807) is 23.1 Å². The van der Waals surface area contributed by atoms with Crippen molar-refractivity contribution >= 4 is 22.6 Å². The van der Waals surface area contributed by atoms with Gasteiger partial charge in [-0.25, -0.2) is 4.98 Å². The van der Waals surface area contributed by atoms with Gasteiger partial charge in [0, 0.05) is 36.3 Å². The normalized spacial score (nSPS) is 13.6. The molecule has 0 amide bonds. The molecule has 9 nitrogen and oxygen atoms in total. The minimum absolute atomic E-state index is 0.119. The molecule has 9 heteroatoms. The highest BCUT2D eigenvalue weighted by atomic mass is 16.5. The monoisotopic (exact) mass is 473 g/mol. The minimum atomic E-state index is -0.916. The second-order valence-electron chi connectivity index (χ2n) is 8.48. The van der Waals surface area contributed by atoms with E-state index in [0.29, 0.717) is 12.5 Å². The lowest BCUT2D eigenvalue weighted by atomic mass is 10.1. The second-order valence-corrected chi connectivity index (χ2v) is 8.48. The number of carboxylic acids is 1. The third-order valence-corrected chi connectivity index (χ3v) is 6.15. The van der Waals surface area contributed by atoms with E-state index in [4.69, 9.17) is 14.5 Å². The van der Waals surface area contributed by atoms with Crippen molar-refractivity contribution in [2.45, 2.75) is 31.7 Å². The summed E-state index contributed by atoms with van der Waals surface area (Å²) in [6.45, 7) is 1.52. The predicted octanol–water partition coefficient (Wildman–Crippen LogP) is 3.88. The zero-order chi connectivity index (χ0) is 24.2. The van der Waals surface area contributed by atoms with Crippen molar-refractivity contribution < 1.29 is 19.4 Å². The number of fused-ring (bicyclic) bond motifs is 2. The van der Waals surface area contributed by atoms with Crippen molar-refractivity contribution in [1.82, 2.24) is 19.7 Å². The Bertz CT molecular complexity index is 1340. The van der Waals surface area contributed by atoms with Crippen molar-refractivity contribution in [2.24, 2.45) is 0 Å². The van der Waals surface area contributed by atoms with E-state index in [1.165, 1.54) is 7.11 Å². The molecule has 35 heavy (non-hydrogen) atoms. The number of benzene rings is 1. The van der Waals surface area contributed by atoms with Gasteiger partial charge in [0.2, 0.25) is 5.88 Å². The van der Waals surface area contributed by atoms with E-state index in [0.717, 1.165) is 65.1 Å². The number of methoxy groups -OCH3 is 1. The summed E-state index contributed by atoms with van der Waals surface area (Å²) in [5, 5.41) is 18.3.